The second-order valence-corrected chi connectivity index (χ2v) is 6.80. The Kier molecular flexibility index (Phi) is 3.15. The van der Waals surface area contributed by atoms with Gasteiger partial charge in [-0.05, 0) is 31.0 Å². The molecular weight excluding hydrogens is 294 g/mol. The number of H-pyrrole nitrogens is 1. The number of rotatable bonds is 2. The molecule has 0 saturated heterocycles. The minimum atomic E-state index is -0.0741. The van der Waals surface area contributed by atoms with Gasteiger partial charge in [0.05, 0.1) is 22.7 Å². The molecule has 1 atom stereocenters. The van der Waals surface area contributed by atoms with Gasteiger partial charge >= 0.3 is 0 Å². The number of carbonyl (C=O) groups excluding carboxylic acids is 1. The third-order valence-corrected chi connectivity index (χ3v) is 5.22. The van der Waals surface area contributed by atoms with Crippen molar-refractivity contribution in [2.24, 2.45) is 0 Å². The molecule has 1 aliphatic rings. The van der Waals surface area contributed by atoms with E-state index in [-0.39, 0.29) is 11.2 Å². The number of amides is 1. The zero-order chi connectivity index (χ0) is 15.1. The van der Waals surface area contributed by atoms with Crippen molar-refractivity contribution in [1.29, 1.82) is 0 Å². The van der Waals surface area contributed by atoms with Crippen molar-refractivity contribution in [3.63, 3.8) is 0 Å². The predicted octanol–water partition coefficient (Wildman–Crippen LogP) is 3.53. The number of anilines is 1. The molecule has 4 nitrogen and oxygen atoms in total. The molecule has 1 aromatic heterocycles. The van der Waals surface area contributed by atoms with Crippen molar-refractivity contribution in [2.75, 3.05) is 5.32 Å². The van der Waals surface area contributed by atoms with Crippen LogP contribution in [0.25, 0.3) is 10.9 Å². The standard InChI is InChI=1S/C17H15N3OS/c1-10-5-6-11-8-15(22-14(11)7-10)17(21)19-13-4-2-3-12-9-18-20-16(12)13/h2-7,9,15H,8H2,1H3,(H,18,20)(H,19,21). The van der Waals surface area contributed by atoms with Gasteiger partial charge in [-0.3, -0.25) is 9.89 Å². The van der Waals surface area contributed by atoms with E-state index in [0.717, 1.165) is 23.0 Å². The monoisotopic (exact) mass is 309 g/mol. The van der Waals surface area contributed by atoms with Crippen LogP contribution < -0.4 is 5.32 Å². The van der Waals surface area contributed by atoms with Crippen LogP contribution in [0.3, 0.4) is 0 Å². The van der Waals surface area contributed by atoms with E-state index in [9.17, 15) is 4.79 Å². The molecule has 2 heterocycles. The summed E-state index contributed by atoms with van der Waals surface area (Å²) < 4.78 is 0. The minimum absolute atomic E-state index is 0.0425. The maximum Gasteiger partial charge on any atom is 0.238 e. The highest BCUT2D eigenvalue weighted by atomic mass is 32.2. The Labute approximate surface area is 132 Å². The van der Waals surface area contributed by atoms with Gasteiger partial charge in [0.25, 0.3) is 0 Å². The third-order valence-electron chi connectivity index (χ3n) is 3.92. The van der Waals surface area contributed by atoms with Crippen molar-refractivity contribution >= 4 is 34.3 Å². The van der Waals surface area contributed by atoms with Gasteiger partial charge < -0.3 is 5.32 Å². The van der Waals surface area contributed by atoms with E-state index < -0.39 is 0 Å². The average molecular weight is 309 g/mol. The Morgan fingerprint density at radius 3 is 3.18 bits per heavy atom. The third kappa shape index (κ3) is 2.27. The van der Waals surface area contributed by atoms with Crippen LogP contribution in [0.4, 0.5) is 5.69 Å². The molecular formula is C17H15N3OS. The van der Waals surface area contributed by atoms with Gasteiger partial charge in [-0.15, -0.1) is 11.8 Å². The zero-order valence-corrected chi connectivity index (χ0v) is 12.9. The fraction of sp³-hybridized carbons (Fsp3) is 0.176. The van der Waals surface area contributed by atoms with Crippen LogP contribution in [0.2, 0.25) is 0 Å². The molecule has 2 N–H and O–H groups in total. The zero-order valence-electron chi connectivity index (χ0n) is 12.1. The topological polar surface area (TPSA) is 57.8 Å². The second-order valence-electron chi connectivity index (χ2n) is 5.55. The van der Waals surface area contributed by atoms with E-state index >= 15 is 0 Å². The minimum Gasteiger partial charge on any atom is -0.323 e. The number of aromatic amines is 1. The summed E-state index contributed by atoms with van der Waals surface area (Å²) in [5.74, 6) is 0.0425. The number of hydrogen-bond donors (Lipinski definition) is 2. The van der Waals surface area contributed by atoms with E-state index in [1.165, 1.54) is 16.0 Å². The van der Waals surface area contributed by atoms with Crippen LogP contribution in [0.15, 0.2) is 47.5 Å². The second kappa shape index (κ2) is 5.18. The van der Waals surface area contributed by atoms with Crippen LogP contribution in [0.5, 0.6) is 0 Å². The molecule has 5 heteroatoms. The number of hydrogen-bond acceptors (Lipinski definition) is 3. The molecule has 2 aromatic carbocycles. The highest BCUT2D eigenvalue weighted by Gasteiger charge is 2.28. The Morgan fingerprint density at radius 2 is 2.27 bits per heavy atom. The normalized spacial score (nSPS) is 16.7. The molecule has 22 heavy (non-hydrogen) atoms. The molecule has 3 aromatic rings. The summed E-state index contributed by atoms with van der Waals surface area (Å²) in [4.78, 5) is 13.8. The Hall–Kier alpha value is -2.27. The van der Waals surface area contributed by atoms with E-state index in [1.807, 2.05) is 18.2 Å². The van der Waals surface area contributed by atoms with Gasteiger partial charge in [0.15, 0.2) is 0 Å². The summed E-state index contributed by atoms with van der Waals surface area (Å²) in [6, 6.07) is 12.2. The first-order valence-electron chi connectivity index (χ1n) is 7.20. The SMILES string of the molecule is Cc1ccc2c(c1)SC(C(=O)Nc1cccc3cn[nH]c13)C2. The molecule has 4 rings (SSSR count). The fourth-order valence-corrected chi connectivity index (χ4v) is 4.06. The van der Waals surface area contributed by atoms with Gasteiger partial charge in [-0.2, -0.15) is 5.10 Å². The molecule has 0 spiro atoms. The highest BCUT2D eigenvalue weighted by molar-refractivity contribution is 8.01. The summed E-state index contributed by atoms with van der Waals surface area (Å²) in [5, 5.41) is 10.9. The molecule has 0 aliphatic carbocycles. The molecule has 1 amide bonds. The fourth-order valence-electron chi connectivity index (χ4n) is 2.77. The van der Waals surface area contributed by atoms with E-state index in [0.29, 0.717) is 0 Å². The molecule has 0 radical (unpaired) electrons. The van der Waals surface area contributed by atoms with Crippen LogP contribution in [-0.2, 0) is 11.2 Å². The smallest absolute Gasteiger partial charge is 0.238 e. The predicted molar refractivity (Wildman–Crippen MR) is 89.3 cm³/mol. The molecule has 0 bridgehead atoms. The van der Waals surface area contributed by atoms with Gasteiger partial charge in [-0.1, -0.05) is 29.8 Å². The summed E-state index contributed by atoms with van der Waals surface area (Å²) in [7, 11) is 0. The number of fused-ring (bicyclic) bond motifs is 2. The summed E-state index contributed by atoms with van der Waals surface area (Å²) in [6.45, 7) is 2.08. The first-order valence-corrected chi connectivity index (χ1v) is 8.08. The molecule has 110 valence electrons. The maximum absolute atomic E-state index is 12.6. The lowest BCUT2D eigenvalue weighted by molar-refractivity contribution is -0.115. The largest absolute Gasteiger partial charge is 0.323 e. The summed E-state index contributed by atoms with van der Waals surface area (Å²) >= 11 is 1.65. The van der Waals surface area contributed by atoms with Crippen LogP contribution in [0, 0.1) is 6.92 Å². The van der Waals surface area contributed by atoms with Gasteiger partial charge in [-0.25, -0.2) is 0 Å². The lowest BCUT2D eigenvalue weighted by Crippen LogP contribution is -2.24. The van der Waals surface area contributed by atoms with Gasteiger partial charge in [0.2, 0.25) is 5.91 Å². The first kappa shape index (κ1) is 13.4. The van der Waals surface area contributed by atoms with Crippen molar-refractivity contribution in [3.05, 3.63) is 53.7 Å². The summed E-state index contributed by atoms with van der Waals surface area (Å²) in [5.41, 5.74) is 4.14. The quantitative estimate of drug-likeness (QED) is 0.761. The van der Waals surface area contributed by atoms with Crippen molar-refractivity contribution in [1.82, 2.24) is 10.2 Å². The number of aromatic nitrogens is 2. The number of nitrogens with one attached hydrogen (secondary N) is 2. The van der Waals surface area contributed by atoms with Crippen molar-refractivity contribution < 1.29 is 4.79 Å². The number of benzene rings is 2. The van der Waals surface area contributed by atoms with Crippen molar-refractivity contribution in [2.45, 2.75) is 23.5 Å². The Balaban J connectivity index is 1.55. The van der Waals surface area contributed by atoms with E-state index in [2.05, 4.69) is 40.6 Å². The maximum atomic E-state index is 12.6. The molecule has 0 saturated carbocycles. The Bertz CT molecular complexity index is 871. The number of thioether (sulfide) groups is 1. The number of carbonyl (C=O) groups is 1. The number of para-hydroxylation sites is 1. The first-order chi connectivity index (χ1) is 10.7. The Morgan fingerprint density at radius 1 is 1.36 bits per heavy atom. The van der Waals surface area contributed by atoms with Crippen molar-refractivity contribution in [3.8, 4) is 0 Å². The van der Waals surface area contributed by atoms with E-state index in [4.69, 9.17) is 0 Å². The number of aryl methyl sites for hydroxylation is 1. The lowest BCUT2D eigenvalue weighted by Gasteiger charge is -2.10. The lowest BCUT2D eigenvalue weighted by atomic mass is 10.1. The summed E-state index contributed by atoms with van der Waals surface area (Å²) in [6.07, 6.45) is 2.54. The van der Waals surface area contributed by atoms with Crippen LogP contribution >= 0.6 is 11.8 Å². The van der Waals surface area contributed by atoms with Crippen LogP contribution in [0.1, 0.15) is 11.1 Å². The van der Waals surface area contributed by atoms with E-state index in [1.54, 1.807) is 18.0 Å². The highest BCUT2D eigenvalue weighted by Crippen LogP contribution is 2.38. The van der Waals surface area contributed by atoms with Gasteiger partial charge in [0, 0.05) is 10.3 Å². The molecule has 0 fully saturated rings. The van der Waals surface area contributed by atoms with Crippen LogP contribution in [-0.4, -0.2) is 21.4 Å². The van der Waals surface area contributed by atoms with Gasteiger partial charge in [0.1, 0.15) is 0 Å². The molecule has 1 aliphatic heterocycles. The molecule has 1 unspecified atom stereocenters. The average Bonchev–Trinajstić information content (AvgIpc) is 3.13. The number of nitrogens with zero attached hydrogens (tertiary/aromatic N) is 1.